The van der Waals surface area contributed by atoms with E-state index in [4.69, 9.17) is 0 Å². The topological polar surface area (TPSA) is 89.3 Å². The van der Waals surface area contributed by atoms with E-state index < -0.39 is 10.8 Å². The summed E-state index contributed by atoms with van der Waals surface area (Å²) in [5.74, 6) is -0.756. The van der Waals surface area contributed by atoms with E-state index in [-0.39, 0.29) is 22.7 Å². The Hall–Kier alpha value is -3.54. The molecule has 5 rings (SSSR count). The number of nitrogens with one attached hydrogen (secondary N) is 1. The van der Waals surface area contributed by atoms with Gasteiger partial charge in [0.15, 0.2) is 11.6 Å². The monoisotopic (exact) mass is 400 g/mol. The highest BCUT2D eigenvalue weighted by molar-refractivity contribution is 6.23. The zero-order chi connectivity index (χ0) is 21.2. The second-order valence-electron chi connectivity index (χ2n) is 8.91. The third kappa shape index (κ3) is 2.64. The summed E-state index contributed by atoms with van der Waals surface area (Å²) in [5, 5.41) is 14.8. The van der Waals surface area contributed by atoms with Crippen LogP contribution in [0.5, 0.6) is 0 Å². The maximum Gasteiger partial charge on any atom is 0.269 e. The molecule has 150 valence electrons. The van der Waals surface area contributed by atoms with Gasteiger partial charge in [-0.1, -0.05) is 50.2 Å². The highest BCUT2D eigenvalue weighted by Crippen LogP contribution is 2.51. The van der Waals surface area contributed by atoms with Gasteiger partial charge in [-0.3, -0.25) is 19.7 Å². The van der Waals surface area contributed by atoms with Gasteiger partial charge in [-0.15, -0.1) is 0 Å². The summed E-state index contributed by atoms with van der Waals surface area (Å²) in [6.07, 6.45) is 1.05. The number of dihydropyridines is 1. The number of nitro groups is 1. The predicted molar refractivity (Wildman–Crippen MR) is 112 cm³/mol. The number of hydrogen-bond donors (Lipinski definition) is 1. The minimum Gasteiger partial charge on any atom is -0.358 e. The molecule has 0 radical (unpaired) electrons. The molecule has 6 nitrogen and oxygen atoms in total. The smallest absolute Gasteiger partial charge is 0.269 e. The fourth-order valence-electron chi connectivity index (χ4n) is 4.94. The minimum atomic E-state index is -0.611. The fourth-order valence-corrected chi connectivity index (χ4v) is 4.94. The Morgan fingerprint density at radius 1 is 1.00 bits per heavy atom. The fraction of sp³-hybridized carbons (Fsp3) is 0.250. The predicted octanol–water partition coefficient (Wildman–Crippen LogP) is 4.53. The number of carbonyl (C=O) groups excluding carboxylic acids is 2. The number of non-ortho nitro benzene ring substituents is 1. The van der Waals surface area contributed by atoms with Gasteiger partial charge >= 0.3 is 0 Å². The molecular formula is C24H20N2O4. The summed E-state index contributed by atoms with van der Waals surface area (Å²) in [6.45, 7) is 4.10. The summed E-state index contributed by atoms with van der Waals surface area (Å²) >= 11 is 0. The molecule has 0 aromatic heterocycles. The first-order valence-corrected chi connectivity index (χ1v) is 9.93. The van der Waals surface area contributed by atoms with Crippen molar-refractivity contribution < 1.29 is 14.5 Å². The Morgan fingerprint density at radius 2 is 1.73 bits per heavy atom. The number of ketones is 2. The van der Waals surface area contributed by atoms with Crippen molar-refractivity contribution in [3.63, 3.8) is 0 Å². The summed E-state index contributed by atoms with van der Waals surface area (Å²) in [7, 11) is 0. The average Bonchev–Trinajstić information content (AvgIpc) is 2.98. The number of benzene rings is 2. The van der Waals surface area contributed by atoms with Gasteiger partial charge in [-0.2, -0.15) is 0 Å². The van der Waals surface area contributed by atoms with Crippen molar-refractivity contribution in [1.82, 2.24) is 5.32 Å². The van der Waals surface area contributed by atoms with Crippen LogP contribution in [0, 0.1) is 15.5 Å². The average molecular weight is 400 g/mol. The maximum atomic E-state index is 13.4. The van der Waals surface area contributed by atoms with Crippen molar-refractivity contribution in [3.05, 3.63) is 92.2 Å². The van der Waals surface area contributed by atoms with Crippen LogP contribution >= 0.6 is 0 Å². The third-order valence-corrected chi connectivity index (χ3v) is 6.14. The van der Waals surface area contributed by atoms with E-state index in [1.807, 2.05) is 18.2 Å². The number of fused-ring (bicyclic) bond motifs is 2. The molecule has 2 aliphatic carbocycles. The van der Waals surface area contributed by atoms with Crippen LogP contribution in [0.2, 0.25) is 0 Å². The number of carbonyl (C=O) groups is 2. The van der Waals surface area contributed by atoms with Gasteiger partial charge in [0, 0.05) is 52.4 Å². The zero-order valence-electron chi connectivity index (χ0n) is 16.7. The van der Waals surface area contributed by atoms with Crippen LogP contribution in [0.15, 0.2) is 65.4 Å². The summed E-state index contributed by atoms with van der Waals surface area (Å²) in [4.78, 5) is 37.5. The van der Waals surface area contributed by atoms with Crippen LogP contribution in [0.1, 0.15) is 54.1 Å². The van der Waals surface area contributed by atoms with Crippen molar-refractivity contribution in [1.29, 1.82) is 0 Å². The van der Waals surface area contributed by atoms with Crippen LogP contribution in [0.4, 0.5) is 5.69 Å². The van der Waals surface area contributed by atoms with Crippen LogP contribution in [0.3, 0.4) is 0 Å². The van der Waals surface area contributed by atoms with Gasteiger partial charge in [0.1, 0.15) is 0 Å². The van der Waals surface area contributed by atoms with Crippen molar-refractivity contribution in [2.24, 2.45) is 5.41 Å². The van der Waals surface area contributed by atoms with Crippen LogP contribution in [-0.4, -0.2) is 16.5 Å². The first-order valence-electron chi connectivity index (χ1n) is 9.93. The zero-order valence-corrected chi connectivity index (χ0v) is 16.7. The van der Waals surface area contributed by atoms with E-state index in [9.17, 15) is 19.7 Å². The standard InChI is InChI=1S/C24H20N2O4/c1-24(2)11-17-20(18(27)12-24)19(13-6-5-7-14(10-13)26(29)30)21-22(25-17)15-8-3-4-9-16(15)23(21)28/h3-10,19,25H,11-12H2,1-2H3. The van der Waals surface area contributed by atoms with Crippen molar-refractivity contribution in [3.8, 4) is 0 Å². The second-order valence-corrected chi connectivity index (χ2v) is 8.91. The van der Waals surface area contributed by atoms with Crippen molar-refractivity contribution in [2.45, 2.75) is 32.6 Å². The molecule has 6 heteroatoms. The number of Topliss-reactive ketones (excluding diaryl/α,β-unsaturated/α-hetero) is 2. The van der Waals surface area contributed by atoms with Crippen molar-refractivity contribution >= 4 is 23.0 Å². The van der Waals surface area contributed by atoms with E-state index in [1.165, 1.54) is 12.1 Å². The molecule has 2 aromatic rings. The molecule has 3 aliphatic rings. The van der Waals surface area contributed by atoms with Crippen LogP contribution in [-0.2, 0) is 4.79 Å². The van der Waals surface area contributed by atoms with Gasteiger partial charge < -0.3 is 5.32 Å². The lowest BCUT2D eigenvalue weighted by Gasteiger charge is -2.39. The summed E-state index contributed by atoms with van der Waals surface area (Å²) < 4.78 is 0. The molecule has 0 saturated carbocycles. The Bertz CT molecular complexity index is 1220. The maximum absolute atomic E-state index is 13.4. The first kappa shape index (κ1) is 18.5. The van der Waals surface area contributed by atoms with Crippen LogP contribution < -0.4 is 5.32 Å². The molecule has 0 spiro atoms. The van der Waals surface area contributed by atoms with E-state index >= 15 is 0 Å². The lowest BCUT2D eigenvalue weighted by molar-refractivity contribution is -0.384. The molecule has 1 heterocycles. The molecule has 0 fully saturated rings. The number of allylic oxidation sites excluding steroid dienone is 3. The number of nitro benzene ring substituents is 1. The Morgan fingerprint density at radius 3 is 2.47 bits per heavy atom. The third-order valence-electron chi connectivity index (χ3n) is 6.14. The van der Waals surface area contributed by atoms with E-state index in [0.29, 0.717) is 35.1 Å². The summed E-state index contributed by atoms with van der Waals surface area (Å²) in [5.41, 5.74) is 4.36. The molecular weight excluding hydrogens is 380 g/mol. The normalized spacial score (nSPS) is 21.7. The summed E-state index contributed by atoms with van der Waals surface area (Å²) in [6, 6.07) is 13.7. The molecule has 1 N–H and O–H groups in total. The van der Waals surface area contributed by atoms with Gasteiger partial charge in [0.2, 0.25) is 0 Å². The molecule has 1 aliphatic heterocycles. The molecule has 30 heavy (non-hydrogen) atoms. The minimum absolute atomic E-state index is 0.0134. The quantitative estimate of drug-likeness (QED) is 0.591. The van der Waals surface area contributed by atoms with E-state index in [1.54, 1.807) is 18.2 Å². The largest absolute Gasteiger partial charge is 0.358 e. The highest BCUT2D eigenvalue weighted by Gasteiger charge is 2.46. The SMILES string of the molecule is CC1(C)CC(=O)C2=C(C1)NC1=C(C(=O)c3ccccc31)C2c1cccc([N+](=O)[O-])c1. The first-order chi connectivity index (χ1) is 14.3. The Balaban J connectivity index is 1.76. The van der Waals surface area contributed by atoms with Gasteiger partial charge in [0.05, 0.1) is 10.6 Å². The molecule has 0 saturated heterocycles. The second kappa shape index (κ2) is 6.23. The molecule has 0 amide bonds. The number of hydrogen-bond acceptors (Lipinski definition) is 5. The lowest BCUT2D eigenvalue weighted by Crippen LogP contribution is -2.37. The Labute approximate surface area is 173 Å². The number of rotatable bonds is 2. The Kier molecular flexibility index (Phi) is 3.84. The number of nitrogens with zero attached hydrogens (tertiary/aromatic N) is 1. The molecule has 1 unspecified atom stereocenters. The van der Waals surface area contributed by atoms with Gasteiger partial charge in [-0.05, 0) is 17.4 Å². The molecule has 2 aromatic carbocycles. The highest BCUT2D eigenvalue weighted by atomic mass is 16.6. The van der Waals surface area contributed by atoms with Crippen LogP contribution in [0.25, 0.3) is 5.70 Å². The lowest BCUT2D eigenvalue weighted by atomic mass is 9.68. The van der Waals surface area contributed by atoms with Gasteiger partial charge in [0.25, 0.3) is 5.69 Å². The van der Waals surface area contributed by atoms with E-state index in [0.717, 1.165) is 17.0 Å². The molecule has 1 atom stereocenters. The van der Waals surface area contributed by atoms with E-state index in [2.05, 4.69) is 19.2 Å². The van der Waals surface area contributed by atoms with Crippen molar-refractivity contribution in [2.75, 3.05) is 0 Å². The van der Waals surface area contributed by atoms with Gasteiger partial charge in [-0.25, -0.2) is 0 Å². The molecule has 0 bridgehead atoms.